The molecule has 0 radical (unpaired) electrons. The Kier molecular flexibility index (Phi) is 5.41. The number of nitrogens with zero attached hydrogens (tertiary/aromatic N) is 1. The van der Waals surface area contributed by atoms with Gasteiger partial charge in [0.05, 0.1) is 5.69 Å². The monoisotopic (exact) mass is 304 g/mol. The molecule has 1 aromatic carbocycles. The molecule has 5 heteroatoms. The highest BCUT2D eigenvalue weighted by Crippen LogP contribution is 2.33. The van der Waals surface area contributed by atoms with Gasteiger partial charge in [0.25, 0.3) is 11.8 Å². The van der Waals surface area contributed by atoms with Gasteiger partial charge in [0.2, 0.25) is 0 Å². The van der Waals surface area contributed by atoms with Crippen LogP contribution in [-0.2, 0) is 4.79 Å². The molecule has 0 bridgehead atoms. The summed E-state index contributed by atoms with van der Waals surface area (Å²) in [4.78, 5) is 25.6. The van der Waals surface area contributed by atoms with Crippen molar-refractivity contribution >= 4 is 17.5 Å². The minimum atomic E-state index is -0.490. The Bertz CT molecular complexity index is 557. The Morgan fingerprint density at radius 1 is 1.32 bits per heavy atom. The number of hydrogen-bond donors (Lipinski definition) is 1. The van der Waals surface area contributed by atoms with Gasteiger partial charge in [-0.15, -0.1) is 0 Å². The van der Waals surface area contributed by atoms with Gasteiger partial charge in [-0.1, -0.05) is 26.2 Å². The van der Waals surface area contributed by atoms with Crippen molar-refractivity contribution in [3.8, 4) is 5.75 Å². The number of nitrogens with one attached hydrogen (secondary N) is 1. The topological polar surface area (TPSA) is 58.6 Å². The van der Waals surface area contributed by atoms with Crippen LogP contribution in [0.1, 0.15) is 49.9 Å². The number of anilines is 1. The Hall–Kier alpha value is -2.04. The average molecular weight is 304 g/mol. The zero-order valence-electron chi connectivity index (χ0n) is 13.5. The van der Waals surface area contributed by atoms with Crippen molar-refractivity contribution in [2.24, 2.45) is 0 Å². The summed E-state index contributed by atoms with van der Waals surface area (Å²) < 4.78 is 5.55. The number of benzene rings is 1. The minimum Gasteiger partial charge on any atom is -0.479 e. The third-order valence-electron chi connectivity index (χ3n) is 3.88. The second-order valence-corrected chi connectivity index (χ2v) is 5.66. The lowest BCUT2D eigenvalue weighted by atomic mass is 10.1. The second-order valence-electron chi connectivity index (χ2n) is 5.66. The summed E-state index contributed by atoms with van der Waals surface area (Å²) in [5.74, 6) is 0.414. The van der Waals surface area contributed by atoms with E-state index in [4.69, 9.17) is 4.74 Å². The molecule has 1 aliphatic heterocycles. The molecule has 0 aliphatic carbocycles. The molecule has 0 fully saturated rings. The molecule has 0 saturated carbocycles. The van der Waals surface area contributed by atoms with Crippen LogP contribution < -0.4 is 15.0 Å². The molecule has 1 atom stereocenters. The van der Waals surface area contributed by atoms with Crippen LogP contribution in [0.2, 0.25) is 0 Å². The van der Waals surface area contributed by atoms with Crippen LogP contribution in [0.4, 0.5) is 5.69 Å². The summed E-state index contributed by atoms with van der Waals surface area (Å²) in [5.41, 5.74) is 1.19. The number of ether oxygens (including phenoxy) is 1. The molecule has 1 aromatic rings. The van der Waals surface area contributed by atoms with Gasteiger partial charge in [-0.3, -0.25) is 9.59 Å². The van der Waals surface area contributed by atoms with Crippen molar-refractivity contribution in [2.75, 3.05) is 18.5 Å². The van der Waals surface area contributed by atoms with Crippen molar-refractivity contribution in [1.82, 2.24) is 5.32 Å². The number of unbranched alkanes of at least 4 members (excludes halogenated alkanes) is 3. The van der Waals surface area contributed by atoms with E-state index in [1.54, 1.807) is 37.1 Å². The molecule has 1 unspecified atom stereocenters. The smallest absolute Gasteiger partial charge is 0.267 e. The fourth-order valence-electron chi connectivity index (χ4n) is 2.51. The summed E-state index contributed by atoms with van der Waals surface area (Å²) in [5, 5.41) is 2.92. The average Bonchev–Trinajstić information content (AvgIpc) is 2.52. The zero-order valence-corrected chi connectivity index (χ0v) is 13.5. The fraction of sp³-hybridized carbons (Fsp3) is 0.529. The normalized spacial score (nSPS) is 17.0. The molecule has 2 amide bonds. The highest BCUT2D eigenvalue weighted by molar-refractivity contribution is 6.02. The number of hydrogen-bond acceptors (Lipinski definition) is 3. The summed E-state index contributed by atoms with van der Waals surface area (Å²) >= 11 is 0. The number of carbonyl (C=O) groups is 2. The van der Waals surface area contributed by atoms with Gasteiger partial charge in [-0.25, -0.2) is 0 Å². The van der Waals surface area contributed by atoms with E-state index in [9.17, 15) is 9.59 Å². The van der Waals surface area contributed by atoms with Crippen molar-refractivity contribution in [1.29, 1.82) is 0 Å². The number of carbonyl (C=O) groups excluding carboxylic acids is 2. The predicted molar refractivity (Wildman–Crippen MR) is 86.4 cm³/mol. The summed E-state index contributed by atoms with van der Waals surface area (Å²) in [7, 11) is 1.70. The lowest BCUT2D eigenvalue weighted by Gasteiger charge is -2.30. The van der Waals surface area contributed by atoms with Gasteiger partial charge in [0.1, 0.15) is 5.75 Å². The van der Waals surface area contributed by atoms with Gasteiger partial charge in [0.15, 0.2) is 6.10 Å². The zero-order chi connectivity index (χ0) is 16.1. The van der Waals surface area contributed by atoms with E-state index in [0.717, 1.165) is 12.8 Å². The molecule has 0 saturated heterocycles. The van der Waals surface area contributed by atoms with Crippen molar-refractivity contribution in [2.45, 2.75) is 45.6 Å². The van der Waals surface area contributed by atoms with Gasteiger partial charge in [-0.05, 0) is 31.5 Å². The Morgan fingerprint density at radius 2 is 2.09 bits per heavy atom. The highest BCUT2D eigenvalue weighted by Gasteiger charge is 2.29. The molecule has 22 heavy (non-hydrogen) atoms. The third-order valence-corrected chi connectivity index (χ3v) is 3.88. The Labute approximate surface area is 131 Å². The molecular formula is C17H24N2O3. The third kappa shape index (κ3) is 3.59. The minimum absolute atomic E-state index is 0.107. The SMILES string of the molecule is CCCCCCNC(=O)c1ccc2c(c1)N(C)C(=O)C(C)O2. The summed E-state index contributed by atoms with van der Waals surface area (Å²) in [6.07, 6.45) is 4.00. The number of amides is 2. The number of fused-ring (bicyclic) bond motifs is 1. The lowest BCUT2D eigenvalue weighted by Crippen LogP contribution is -2.42. The highest BCUT2D eigenvalue weighted by atomic mass is 16.5. The maximum absolute atomic E-state index is 12.2. The van der Waals surface area contributed by atoms with Crippen LogP contribution in [0, 0.1) is 0 Å². The van der Waals surface area contributed by atoms with Crippen LogP contribution in [0.3, 0.4) is 0 Å². The van der Waals surface area contributed by atoms with E-state index >= 15 is 0 Å². The van der Waals surface area contributed by atoms with Gasteiger partial charge >= 0.3 is 0 Å². The quantitative estimate of drug-likeness (QED) is 0.822. The van der Waals surface area contributed by atoms with Gasteiger partial charge < -0.3 is 15.0 Å². The van der Waals surface area contributed by atoms with E-state index in [-0.39, 0.29) is 11.8 Å². The molecule has 1 heterocycles. The molecule has 1 N–H and O–H groups in total. The molecule has 0 aromatic heterocycles. The predicted octanol–water partition coefficient (Wildman–Crippen LogP) is 2.74. The van der Waals surface area contributed by atoms with Crippen molar-refractivity contribution in [3.63, 3.8) is 0 Å². The largest absolute Gasteiger partial charge is 0.479 e. The molecule has 0 spiro atoms. The van der Waals surface area contributed by atoms with Crippen LogP contribution in [0.5, 0.6) is 5.75 Å². The first-order valence-electron chi connectivity index (χ1n) is 7.91. The molecule has 1 aliphatic rings. The molecule has 5 nitrogen and oxygen atoms in total. The number of likely N-dealkylation sites (N-methyl/N-ethyl adjacent to an activating group) is 1. The van der Waals surface area contributed by atoms with Crippen LogP contribution in [-0.4, -0.2) is 31.5 Å². The van der Waals surface area contributed by atoms with E-state index < -0.39 is 6.10 Å². The molecule has 2 rings (SSSR count). The first kappa shape index (κ1) is 16.3. The maximum atomic E-state index is 12.2. The molecule has 120 valence electrons. The van der Waals surface area contributed by atoms with Crippen LogP contribution in [0.15, 0.2) is 18.2 Å². The van der Waals surface area contributed by atoms with Gasteiger partial charge in [0, 0.05) is 19.2 Å². The van der Waals surface area contributed by atoms with Crippen molar-refractivity contribution < 1.29 is 14.3 Å². The Morgan fingerprint density at radius 3 is 2.82 bits per heavy atom. The maximum Gasteiger partial charge on any atom is 0.267 e. The van der Waals surface area contributed by atoms with E-state index in [2.05, 4.69) is 12.2 Å². The second kappa shape index (κ2) is 7.29. The van der Waals surface area contributed by atoms with Gasteiger partial charge in [-0.2, -0.15) is 0 Å². The first-order chi connectivity index (χ1) is 10.5. The standard InChI is InChI=1S/C17H24N2O3/c1-4-5-6-7-10-18-16(20)13-8-9-15-14(11-13)19(3)17(21)12(2)22-15/h8-9,11-12H,4-7,10H2,1-3H3,(H,18,20). The summed E-state index contributed by atoms with van der Waals surface area (Å²) in [6.45, 7) is 4.56. The van der Waals surface area contributed by atoms with Crippen LogP contribution >= 0.6 is 0 Å². The lowest BCUT2D eigenvalue weighted by molar-refractivity contribution is -0.125. The Balaban J connectivity index is 2.01. The van der Waals surface area contributed by atoms with E-state index in [1.165, 1.54) is 12.8 Å². The van der Waals surface area contributed by atoms with E-state index in [1.807, 2.05) is 0 Å². The molecular weight excluding hydrogens is 280 g/mol. The van der Waals surface area contributed by atoms with Crippen molar-refractivity contribution in [3.05, 3.63) is 23.8 Å². The number of rotatable bonds is 6. The first-order valence-corrected chi connectivity index (χ1v) is 7.91. The fourth-order valence-corrected chi connectivity index (χ4v) is 2.51. The van der Waals surface area contributed by atoms with Crippen LogP contribution in [0.25, 0.3) is 0 Å². The van der Waals surface area contributed by atoms with E-state index in [0.29, 0.717) is 23.5 Å². The summed E-state index contributed by atoms with van der Waals surface area (Å²) in [6, 6.07) is 5.19.